The molecule has 0 saturated carbocycles. The van der Waals surface area contributed by atoms with Crippen molar-refractivity contribution in [3.05, 3.63) is 70.9 Å². The Morgan fingerprint density at radius 2 is 1.74 bits per heavy atom. The van der Waals surface area contributed by atoms with Crippen LogP contribution in [0.4, 0.5) is 23.1 Å². The van der Waals surface area contributed by atoms with Gasteiger partial charge in [-0.1, -0.05) is 38.1 Å². The van der Waals surface area contributed by atoms with Crippen LogP contribution in [0.5, 0.6) is 0 Å². The fourth-order valence-corrected chi connectivity index (χ4v) is 2.95. The Bertz CT molecular complexity index is 1000. The first-order chi connectivity index (χ1) is 13.0. The summed E-state index contributed by atoms with van der Waals surface area (Å²) in [6.45, 7) is 8.39. The molecule has 0 saturated heterocycles. The molecule has 0 bridgehead atoms. The Hall–Kier alpha value is -3.39. The van der Waals surface area contributed by atoms with Crippen molar-refractivity contribution in [1.29, 1.82) is 5.26 Å². The van der Waals surface area contributed by atoms with Crippen LogP contribution < -0.4 is 10.6 Å². The third kappa shape index (κ3) is 4.42. The first-order valence-corrected chi connectivity index (χ1v) is 8.95. The zero-order chi connectivity index (χ0) is 19.4. The summed E-state index contributed by atoms with van der Waals surface area (Å²) < 4.78 is 0. The molecule has 2 N–H and O–H groups in total. The van der Waals surface area contributed by atoms with Crippen LogP contribution in [0.15, 0.2) is 48.5 Å². The van der Waals surface area contributed by atoms with Gasteiger partial charge in [-0.3, -0.25) is 0 Å². The van der Waals surface area contributed by atoms with Gasteiger partial charge in [-0.05, 0) is 49.1 Å². The molecule has 2 aromatic carbocycles. The van der Waals surface area contributed by atoms with Crippen molar-refractivity contribution >= 4 is 23.1 Å². The van der Waals surface area contributed by atoms with Crippen LogP contribution in [0.3, 0.4) is 0 Å². The lowest BCUT2D eigenvalue weighted by atomic mass is 9.98. The van der Waals surface area contributed by atoms with Crippen molar-refractivity contribution in [1.82, 2.24) is 9.97 Å². The highest BCUT2D eigenvalue weighted by atomic mass is 15.1. The maximum absolute atomic E-state index is 9.06. The number of nitrogens with zero attached hydrogens (tertiary/aromatic N) is 3. The smallest absolute Gasteiger partial charge is 0.229 e. The summed E-state index contributed by atoms with van der Waals surface area (Å²) in [5, 5.41) is 15.7. The zero-order valence-electron chi connectivity index (χ0n) is 16.0. The van der Waals surface area contributed by atoms with Gasteiger partial charge in [0.1, 0.15) is 5.82 Å². The molecular weight excluding hydrogens is 334 g/mol. The summed E-state index contributed by atoms with van der Waals surface area (Å²) in [7, 11) is 0. The molecule has 1 aromatic heterocycles. The van der Waals surface area contributed by atoms with E-state index < -0.39 is 0 Å². The molecule has 1 heterocycles. The molecule has 3 rings (SSSR count). The highest BCUT2D eigenvalue weighted by Crippen LogP contribution is 2.30. The molecule has 5 heteroatoms. The summed E-state index contributed by atoms with van der Waals surface area (Å²) in [5.74, 6) is 1.63. The number of aromatic nitrogens is 2. The maximum atomic E-state index is 9.06. The van der Waals surface area contributed by atoms with Crippen LogP contribution in [0.2, 0.25) is 0 Å². The van der Waals surface area contributed by atoms with Gasteiger partial charge in [0.2, 0.25) is 5.95 Å². The van der Waals surface area contributed by atoms with Gasteiger partial charge in [0.25, 0.3) is 0 Å². The first-order valence-electron chi connectivity index (χ1n) is 8.95. The van der Waals surface area contributed by atoms with Crippen LogP contribution in [-0.2, 0) is 0 Å². The van der Waals surface area contributed by atoms with Gasteiger partial charge in [-0.2, -0.15) is 10.2 Å². The van der Waals surface area contributed by atoms with Crippen molar-refractivity contribution < 1.29 is 0 Å². The predicted octanol–water partition coefficient (Wildman–Crippen LogP) is 5.58. The molecule has 136 valence electrons. The van der Waals surface area contributed by atoms with Crippen molar-refractivity contribution in [3.63, 3.8) is 0 Å². The average molecular weight is 357 g/mol. The molecule has 27 heavy (non-hydrogen) atoms. The molecule has 0 atom stereocenters. The zero-order valence-corrected chi connectivity index (χ0v) is 16.0. The van der Waals surface area contributed by atoms with E-state index in [-0.39, 0.29) is 0 Å². The van der Waals surface area contributed by atoms with E-state index in [0.717, 1.165) is 22.9 Å². The van der Waals surface area contributed by atoms with Crippen LogP contribution in [0.1, 0.15) is 42.1 Å². The Morgan fingerprint density at radius 1 is 0.963 bits per heavy atom. The second-order valence-electron chi connectivity index (χ2n) is 6.85. The predicted molar refractivity (Wildman–Crippen MR) is 110 cm³/mol. The molecule has 5 nitrogen and oxygen atoms in total. The number of nitriles is 1. The summed E-state index contributed by atoms with van der Waals surface area (Å²) in [5.41, 5.74) is 5.74. The topological polar surface area (TPSA) is 73.6 Å². The number of hydrogen-bond donors (Lipinski definition) is 2. The number of aryl methyl sites for hydroxylation is 2. The van der Waals surface area contributed by atoms with E-state index in [9.17, 15) is 0 Å². The average Bonchev–Trinajstić information content (AvgIpc) is 2.63. The number of rotatable bonds is 5. The minimum Gasteiger partial charge on any atom is -0.340 e. The quantitative estimate of drug-likeness (QED) is 0.624. The molecule has 0 aliphatic rings. The lowest BCUT2D eigenvalue weighted by molar-refractivity contribution is 0.867. The standard InChI is InChI=1S/C22H23N5/c1-14(2)19-10-5-7-15(3)21(19)26-20-11-16(4)24-22(27-20)25-18-9-6-8-17(12-18)13-23/h5-12,14H,1-4H3,(H2,24,25,26,27). The van der Waals surface area contributed by atoms with Crippen LogP contribution in [0.25, 0.3) is 0 Å². The number of nitrogens with one attached hydrogen (secondary N) is 2. The Morgan fingerprint density at radius 3 is 2.48 bits per heavy atom. The monoisotopic (exact) mass is 357 g/mol. The molecule has 0 amide bonds. The van der Waals surface area contributed by atoms with Gasteiger partial charge in [-0.15, -0.1) is 0 Å². The first kappa shape index (κ1) is 18.4. The minimum absolute atomic E-state index is 0.404. The van der Waals surface area contributed by atoms with Crippen molar-refractivity contribution in [2.24, 2.45) is 0 Å². The SMILES string of the molecule is Cc1cc(Nc2c(C)cccc2C(C)C)nc(Nc2cccc(C#N)c2)n1. The van der Waals surface area contributed by atoms with Gasteiger partial charge in [-0.25, -0.2) is 4.98 Å². The summed E-state index contributed by atoms with van der Waals surface area (Å²) in [6.07, 6.45) is 0. The van der Waals surface area contributed by atoms with E-state index in [0.29, 0.717) is 17.4 Å². The lowest BCUT2D eigenvalue weighted by Crippen LogP contribution is -2.05. The van der Waals surface area contributed by atoms with Gasteiger partial charge < -0.3 is 10.6 Å². The summed E-state index contributed by atoms with van der Waals surface area (Å²) in [6, 6.07) is 17.6. The van der Waals surface area contributed by atoms with E-state index in [1.807, 2.05) is 25.1 Å². The van der Waals surface area contributed by atoms with E-state index in [4.69, 9.17) is 5.26 Å². The van der Waals surface area contributed by atoms with Gasteiger partial charge in [0.15, 0.2) is 0 Å². The third-order valence-electron chi connectivity index (χ3n) is 4.28. The van der Waals surface area contributed by atoms with Crippen molar-refractivity contribution in [2.45, 2.75) is 33.6 Å². The number of anilines is 4. The largest absolute Gasteiger partial charge is 0.340 e. The second-order valence-corrected chi connectivity index (χ2v) is 6.85. The molecular formula is C22H23N5. The van der Waals surface area contributed by atoms with Crippen molar-refractivity contribution in [2.75, 3.05) is 10.6 Å². The van der Waals surface area contributed by atoms with E-state index in [2.05, 4.69) is 65.6 Å². The Labute approximate surface area is 160 Å². The third-order valence-corrected chi connectivity index (χ3v) is 4.28. The highest BCUT2D eigenvalue weighted by Gasteiger charge is 2.11. The minimum atomic E-state index is 0.404. The fourth-order valence-electron chi connectivity index (χ4n) is 2.95. The van der Waals surface area contributed by atoms with Gasteiger partial charge in [0.05, 0.1) is 11.6 Å². The second kappa shape index (κ2) is 7.88. The van der Waals surface area contributed by atoms with Crippen LogP contribution >= 0.6 is 0 Å². The normalized spacial score (nSPS) is 10.5. The summed E-state index contributed by atoms with van der Waals surface area (Å²) in [4.78, 5) is 9.07. The molecule has 0 unspecified atom stereocenters. The Balaban J connectivity index is 1.92. The van der Waals surface area contributed by atoms with Crippen LogP contribution in [0, 0.1) is 25.2 Å². The Kier molecular flexibility index (Phi) is 5.37. The summed E-state index contributed by atoms with van der Waals surface area (Å²) >= 11 is 0. The lowest BCUT2D eigenvalue weighted by Gasteiger charge is -2.17. The fraction of sp³-hybridized carbons (Fsp3) is 0.227. The van der Waals surface area contributed by atoms with E-state index >= 15 is 0 Å². The molecule has 3 aromatic rings. The number of benzene rings is 2. The van der Waals surface area contributed by atoms with E-state index in [1.165, 1.54) is 11.1 Å². The molecule has 0 spiro atoms. The van der Waals surface area contributed by atoms with Gasteiger partial charge >= 0.3 is 0 Å². The molecule has 0 radical (unpaired) electrons. The van der Waals surface area contributed by atoms with Gasteiger partial charge in [0, 0.05) is 23.1 Å². The highest BCUT2D eigenvalue weighted by molar-refractivity contribution is 5.67. The van der Waals surface area contributed by atoms with E-state index in [1.54, 1.807) is 12.1 Å². The number of para-hydroxylation sites is 1. The number of hydrogen-bond acceptors (Lipinski definition) is 5. The molecule has 0 aliphatic heterocycles. The molecule has 0 fully saturated rings. The maximum Gasteiger partial charge on any atom is 0.229 e. The molecule has 0 aliphatic carbocycles. The van der Waals surface area contributed by atoms with Crippen molar-refractivity contribution in [3.8, 4) is 6.07 Å². The van der Waals surface area contributed by atoms with Crippen LogP contribution in [-0.4, -0.2) is 9.97 Å².